The normalized spacial score (nSPS) is 12.2. The summed E-state index contributed by atoms with van der Waals surface area (Å²) < 4.78 is 3.63. The molecule has 0 saturated carbocycles. The van der Waals surface area contributed by atoms with Gasteiger partial charge in [0.05, 0.1) is 37.9 Å². The third-order valence-electron chi connectivity index (χ3n) is 4.97. The van der Waals surface area contributed by atoms with E-state index in [0.717, 1.165) is 11.4 Å². The molecule has 0 amide bonds. The highest BCUT2D eigenvalue weighted by atomic mass is 15.4. The zero-order valence-corrected chi connectivity index (χ0v) is 19.0. The molecule has 0 unspecified atom stereocenters. The van der Waals surface area contributed by atoms with Crippen molar-refractivity contribution >= 4 is 12.4 Å². The lowest BCUT2D eigenvalue weighted by atomic mass is 9.94. The number of benzene rings is 2. The molecule has 0 radical (unpaired) electrons. The Morgan fingerprint density at radius 2 is 1.12 bits per heavy atom. The average molecular weight is 441 g/mol. The van der Waals surface area contributed by atoms with Crippen LogP contribution in [0.25, 0.3) is 0 Å². The van der Waals surface area contributed by atoms with Crippen molar-refractivity contribution in [3.8, 4) is 0 Å². The van der Waals surface area contributed by atoms with Crippen LogP contribution in [0.4, 0.5) is 0 Å². The predicted octanol–water partition coefficient (Wildman–Crippen LogP) is 3.53. The molecule has 0 fully saturated rings. The van der Waals surface area contributed by atoms with Crippen LogP contribution in [0.5, 0.6) is 0 Å². The highest BCUT2D eigenvalue weighted by molar-refractivity contribution is 5.76. The summed E-state index contributed by atoms with van der Waals surface area (Å²) in [4.78, 5) is 9.13. The minimum atomic E-state index is -0.0902. The van der Waals surface area contributed by atoms with Gasteiger partial charge < -0.3 is 0 Å². The number of rotatable bonds is 10. The molecule has 2 heterocycles. The van der Waals surface area contributed by atoms with Crippen LogP contribution in [0, 0.1) is 5.41 Å². The van der Waals surface area contributed by atoms with Gasteiger partial charge in [-0.2, -0.15) is 0 Å². The molecule has 2 aromatic carbocycles. The van der Waals surface area contributed by atoms with E-state index in [0.29, 0.717) is 26.2 Å². The second-order valence-corrected chi connectivity index (χ2v) is 8.76. The molecule has 33 heavy (non-hydrogen) atoms. The summed E-state index contributed by atoms with van der Waals surface area (Å²) in [5.74, 6) is 0. The van der Waals surface area contributed by atoms with Crippen LogP contribution < -0.4 is 0 Å². The molecule has 0 aliphatic carbocycles. The van der Waals surface area contributed by atoms with Crippen molar-refractivity contribution in [2.75, 3.05) is 13.1 Å². The van der Waals surface area contributed by atoms with Gasteiger partial charge in [0.1, 0.15) is 11.4 Å². The van der Waals surface area contributed by atoms with Crippen LogP contribution in [0.2, 0.25) is 0 Å². The first-order valence-corrected chi connectivity index (χ1v) is 10.9. The number of nitrogens with zero attached hydrogens (tertiary/aromatic N) is 8. The number of aromatic nitrogens is 6. The van der Waals surface area contributed by atoms with E-state index in [2.05, 4.69) is 68.7 Å². The van der Waals surface area contributed by atoms with E-state index in [1.807, 2.05) is 58.2 Å². The molecule has 2 aromatic heterocycles. The summed E-state index contributed by atoms with van der Waals surface area (Å²) in [7, 11) is 0. The van der Waals surface area contributed by atoms with Gasteiger partial charge >= 0.3 is 0 Å². The summed E-state index contributed by atoms with van der Waals surface area (Å²) >= 11 is 0. The minimum Gasteiger partial charge on any atom is -0.290 e. The number of hydrogen-bond acceptors (Lipinski definition) is 6. The molecular formula is C25H28N8. The topological polar surface area (TPSA) is 86.1 Å². The molecule has 0 aliphatic heterocycles. The molecule has 8 nitrogen and oxygen atoms in total. The van der Waals surface area contributed by atoms with Gasteiger partial charge in [-0.05, 0) is 11.1 Å². The summed E-state index contributed by atoms with van der Waals surface area (Å²) in [6, 6.07) is 20.4. The SMILES string of the molecule is CC(C)(CN=Cc1cn(Cc2ccccc2)nn1)CN=Cc1cn(Cc2ccccc2)nn1. The fourth-order valence-corrected chi connectivity index (χ4v) is 3.26. The summed E-state index contributed by atoms with van der Waals surface area (Å²) in [5, 5.41) is 16.7. The maximum Gasteiger partial charge on any atom is 0.123 e. The van der Waals surface area contributed by atoms with Crippen LogP contribution in [-0.4, -0.2) is 55.5 Å². The lowest BCUT2D eigenvalue weighted by Crippen LogP contribution is -2.19. The zero-order chi connectivity index (χ0) is 22.9. The largest absolute Gasteiger partial charge is 0.290 e. The van der Waals surface area contributed by atoms with Crippen molar-refractivity contribution in [2.45, 2.75) is 26.9 Å². The zero-order valence-electron chi connectivity index (χ0n) is 19.0. The average Bonchev–Trinajstić information content (AvgIpc) is 3.44. The lowest BCUT2D eigenvalue weighted by molar-refractivity contribution is 0.396. The maximum atomic E-state index is 4.56. The standard InChI is InChI=1S/C25H28N8/c1-25(2,19-26-13-23-17-32(30-28-23)15-21-9-5-3-6-10-21)20-27-14-24-18-33(31-29-24)16-22-11-7-4-8-12-22/h3-14,17-18H,15-16,19-20H2,1-2H3. The molecule has 168 valence electrons. The van der Waals surface area contributed by atoms with Gasteiger partial charge in [-0.3, -0.25) is 9.98 Å². The molecule has 0 aliphatic rings. The predicted molar refractivity (Wildman–Crippen MR) is 130 cm³/mol. The summed E-state index contributed by atoms with van der Waals surface area (Å²) in [5.41, 5.74) is 3.78. The first-order valence-electron chi connectivity index (χ1n) is 10.9. The second kappa shape index (κ2) is 10.6. The van der Waals surface area contributed by atoms with Gasteiger partial charge in [-0.25, -0.2) is 9.36 Å². The van der Waals surface area contributed by atoms with Crippen molar-refractivity contribution < 1.29 is 0 Å². The number of hydrogen-bond donors (Lipinski definition) is 0. The quantitative estimate of drug-likeness (QED) is 0.353. The van der Waals surface area contributed by atoms with Gasteiger partial charge in [0.25, 0.3) is 0 Å². The maximum absolute atomic E-state index is 4.56. The van der Waals surface area contributed by atoms with E-state index >= 15 is 0 Å². The van der Waals surface area contributed by atoms with Gasteiger partial charge in [0, 0.05) is 18.5 Å². The molecule has 0 N–H and O–H groups in total. The summed E-state index contributed by atoms with van der Waals surface area (Å²) in [6.07, 6.45) is 7.35. The third kappa shape index (κ3) is 7.03. The molecule has 0 atom stereocenters. The van der Waals surface area contributed by atoms with Crippen LogP contribution in [-0.2, 0) is 13.1 Å². The van der Waals surface area contributed by atoms with Crippen LogP contribution >= 0.6 is 0 Å². The Hall–Kier alpha value is -3.94. The van der Waals surface area contributed by atoms with Gasteiger partial charge in [-0.15, -0.1) is 10.2 Å². The monoisotopic (exact) mass is 440 g/mol. The Morgan fingerprint density at radius 1 is 0.697 bits per heavy atom. The Kier molecular flexibility index (Phi) is 7.14. The Balaban J connectivity index is 1.25. The lowest BCUT2D eigenvalue weighted by Gasteiger charge is -2.18. The van der Waals surface area contributed by atoms with Crippen molar-refractivity contribution in [1.29, 1.82) is 0 Å². The molecular weight excluding hydrogens is 412 g/mol. The van der Waals surface area contributed by atoms with E-state index in [9.17, 15) is 0 Å². The van der Waals surface area contributed by atoms with Crippen LogP contribution in [0.3, 0.4) is 0 Å². The van der Waals surface area contributed by atoms with Crippen molar-refractivity contribution in [1.82, 2.24) is 30.0 Å². The van der Waals surface area contributed by atoms with Crippen molar-refractivity contribution in [3.63, 3.8) is 0 Å². The van der Waals surface area contributed by atoms with Crippen LogP contribution in [0.15, 0.2) is 83.0 Å². The fourth-order valence-electron chi connectivity index (χ4n) is 3.26. The van der Waals surface area contributed by atoms with E-state index in [4.69, 9.17) is 0 Å². The fraction of sp³-hybridized carbons (Fsp3) is 0.280. The molecule has 0 saturated heterocycles. The first kappa shape index (κ1) is 22.3. The van der Waals surface area contributed by atoms with E-state index in [-0.39, 0.29) is 5.41 Å². The molecule has 0 spiro atoms. The Bertz CT molecular complexity index is 1100. The smallest absolute Gasteiger partial charge is 0.123 e. The highest BCUT2D eigenvalue weighted by Gasteiger charge is 2.16. The second-order valence-electron chi connectivity index (χ2n) is 8.76. The Morgan fingerprint density at radius 3 is 1.55 bits per heavy atom. The third-order valence-corrected chi connectivity index (χ3v) is 4.97. The molecule has 4 rings (SSSR count). The van der Waals surface area contributed by atoms with E-state index < -0.39 is 0 Å². The van der Waals surface area contributed by atoms with Gasteiger partial charge in [0.15, 0.2) is 0 Å². The van der Waals surface area contributed by atoms with E-state index in [1.54, 1.807) is 12.4 Å². The molecule has 8 heteroatoms. The van der Waals surface area contributed by atoms with Gasteiger partial charge in [0.2, 0.25) is 0 Å². The molecule has 0 bridgehead atoms. The first-order chi connectivity index (χ1) is 16.1. The van der Waals surface area contributed by atoms with Gasteiger partial charge in [-0.1, -0.05) is 84.9 Å². The molecule has 4 aromatic rings. The minimum absolute atomic E-state index is 0.0902. The van der Waals surface area contributed by atoms with Crippen molar-refractivity contribution in [3.05, 3.63) is 95.6 Å². The van der Waals surface area contributed by atoms with Crippen molar-refractivity contribution in [2.24, 2.45) is 15.4 Å². The van der Waals surface area contributed by atoms with E-state index in [1.165, 1.54) is 11.1 Å². The van der Waals surface area contributed by atoms with Crippen LogP contribution in [0.1, 0.15) is 36.4 Å². The Labute approximate surface area is 193 Å². The highest BCUT2D eigenvalue weighted by Crippen LogP contribution is 2.16. The number of aliphatic imine (C=N–C) groups is 2. The summed E-state index contributed by atoms with van der Waals surface area (Å²) in [6.45, 7) is 6.93.